The Kier molecular flexibility index (Phi) is 8.15. The summed E-state index contributed by atoms with van der Waals surface area (Å²) in [5.74, 6) is 3.42. The number of nitrogens with one attached hydrogen (secondary N) is 1. The van der Waals surface area contributed by atoms with Crippen molar-refractivity contribution >= 4 is 17.7 Å². The molecule has 26 heavy (non-hydrogen) atoms. The van der Waals surface area contributed by atoms with E-state index in [2.05, 4.69) is 30.4 Å². The summed E-state index contributed by atoms with van der Waals surface area (Å²) in [6, 6.07) is 13.5. The molecule has 140 valence electrons. The fourth-order valence-corrected chi connectivity index (χ4v) is 3.22. The number of amides is 1. The third kappa shape index (κ3) is 6.52. The maximum Gasteiger partial charge on any atom is 0.257 e. The van der Waals surface area contributed by atoms with Gasteiger partial charge in [-0.1, -0.05) is 24.3 Å². The van der Waals surface area contributed by atoms with Gasteiger partial charge >= 0.3 is 0 Å². The van der Waals surface area contributed by atoms with Gasteiger partial charge in [0, 0.05) is 36.2 Å². The fourth-order valence-electron chi connectivity index (χ4n) is 2.28. The molecule has 0 heterocycles. The predicted molar refractivity (Wildman–Crippen MR) is 105 cm³/mol. The molecule has 0 saturated heterocycles. The summed E-state index contributed by atoms with van der Waals surface area (Å²) in [6.07, 6.45) is 0. The van der Waals surface area contributed by atoms with Gasteiger partial charge in [0.2, 0.25) is 0 Å². The van der Waals surface area contributed by atoms with E-state index in [9.17, 15) is 4.79 Å². The molecule has 2 aromatic carbocycles. The molecule has 0 fully saturated rings. The first-order valence-electron chi connectivity index (χ1n) is 8.37. The van der Waals surface area contributed by atoms with Crippen molar-refractivity contribution in [3.05, 3.63) is 53.6 Å². The molecule has 0 aliphatic heterocycles. The van der Waals surface area contributed by atoms with Crippen LogP contribution in [0.4, 0.5) is 0 Å². The highest BCUT2D eigenvalue weighted by molar-refractivity contribution is 7.98. The van der Waals surface area contributed by atoms with E-state index < -0.39 is 0 Å². The smallest absolute Gasteiger partial charge is 0.257 e. The summed E-state index contributed by atoms with van der Waals surface area (Å²) in [5, 5.41) is 2.86. The Hall–Kier alpha value is -2.34. The number of thioether (sulfide) groups is 1. The molecule has 0 aliphatic carbocycles. The lowest BCUT2D eigenvalue weighted by molar-refractivity contribution is -0.122. The molecule has 1 N–H and O–H groups in total. The van der Waals surface area contributed by atoms with E-state index in [0.717, 1.165) is 11.5 Å². The van der Waals surface area contributed by atoms with Crippen molar-refractivity contribution in [2.45, 2.75) is 12.7 Å². The number of ether oxygens (including phenoxy) is 3. The Morgan fingerprint density at radius 1 is 1.04 bits per heavy atom. The summed E-state index contributed by atoms with van der Waals surface area (Å²) in [5.41, 5.74) is 2.63. The maximum atomic E-state index is 11.9. The van der Waals surface area contributed by atoms with Crippen LogP contribution < -0.4 is 19.5 Å². The molecular formula is C20H25NO4S. The minimum absolute atomic E-state index is 0.0429. The quantitative estimate of drug-likeness (QED) is 0.645. The first-order chi connectivity index (χ1) is 12.6. The molecule has 1 amide bonds. The van der Waals surface area contributed by atoms with Gasteiger partial charge in [-0.3, -0.25) is 4.79 Å². The Bertz CT molecular complexity index is 698. The van der Waals surface area contributed by atoms with Gasteiger partial charge in [0.05, 0.1) is 14.2 Å². The van der Waals surface area contributed by atoms with Crippen molar-refractivity contribution in [2.24, 2.45) is 0 Å². The summed E-state index contributed by atoms with van der Waals surface area (Å²) in [7, 11) is 3.14. The molecule has 6 heteroatoms. The lowest BCUT2D eigenvalue weighted by Gasteiger charge is -2.10. The van der Waals surface area contributed by atoms with Crippen molar-refractivity contribution < 1.29 is 19.0 Å². The van der Waals surface area contributed by atoms with Crippen LogP contribution >= 0.6 is 11.8 Å². The molecule has 0 spiro atoms. The lowest BCUT2D eigenvalue weighted by Crippen LogP contribution is -2.30. The topological polar surface area (TPSA) is 56.8 Å². The summed E-state index contributed by atoms with van der Waals surface area (Å²) in [6.45, 7) is 2.68. The van der Waals surface area contributed by atoms with E-state index in [-0.39, 0.29) is 12.5 Å². The number of rotatable bonds is 10. The molecule has 0 atom stereocenters. The monoisotopic (exact) mass is 375 g/mol. The second kappa shape index (κ2) is 10.6. The van der Waals surface area contributed by atoms with Crippen LogP contribution in [-0.2, 0) is 10.5 Å². The minimum Gasteiger partial charge on any atom is -0.496 e. The van der Waals surface area contributed by atoms with Crippen LogP contribution in [0.15, 0.2) is 42.5 Å². The van der Waals surface area contributed by atoms with E-state index >= 15 is 0 Å². The van der Waals surface area contributed by atoms with Crippen molar-refractivity contribution in [1.82, 2.24) is 5.32 Å². The molecule has 2 aromatic rings. The molecule has 5 nitrogen and oxygen atoms in total. The van der Waals surface area contributed by atoms with Gasteiger partial charge in [0.1, 0.15) is 17.2 Å². The van der Waals surface area contributed by atoms with E-state index in [1.54, 1.807) is 44.2 Å². The second-order valence-electron chi connectivity index (χ2n) is 5.67. The van der Waals surface area contributed by atoms with E-state index in [1.165, 1.54) is 11.1 Å². The van der Waals surface area contributed by atoms with Crippen LogP contribution in [0.25, 0.3) is 0 Å². The van der Waals surface area contributed by atoms with Crippen LogP contribution in [0.2, 0.25) is 0 Å². The Morgan fingerprint density at radius 3 is 2.35 bits per heavy atom. The largest absolute Gasteiger partial charge is 0.496 e. The van der Waals surface area contributed by atoms with Crippen molar-refractivity contribution in [3.63, 3.8) is 0 Å². The third-order valence-corrected chi connectivity index (χ3v) is 4.79. The van der Waals surface area contributed by atoms with E-state index in [4.69, 9.17) is 14.2 Å². The molecule has 0 unspecified atom stereocenters. The number of hydrogen-bond donors (Lipinski definition) is 1. The molecule has 0 saturated carbocycles. The molecule has 0 bridgehead atoms. The lowest BCUT2D eigenvalue weighted by atomic mass is 10.1. The number of carbonyl (C=O) groups is 1. The first kappa shape index (κ1) is 20.0. The SMILES string of the molecule is COc1cc(OC)cc(OCC(=O)NCCSCc2ccccc2C)c1. The average Bonchev–Trinajstić information content (AvgIpc) is 2.67. The van der Waals surface area contributed by atoms with Gasteiger partial charge < -0.3 is 19.5 Å². The Balaban J connectivity index is 1.67. The summed E-state index contributed by atoms with van der Waals surface area (Å²) < 4.78 is 15.9. The summed E-state index contributed by atoms with van der Waals surface area (Å²) in [4.78, 5) is 11.9. The normalized spacial score (nSPS) is 10.3. The van der Waals surface area contributed by atoms with Gasteiger partial charge in [-0.2, -0.15) is 11.8 Å². The van der Waals surface area contributed by atoms with Crippen LogP contribution in [-0.4, -0.2) is 39.0 Å². The van der Waals surface area contributed by atoms with Crippen molar-refractivity contribution in [1.29, 1.82) is 0 Å². The molecule has 0 aliphatic rings. The highest BCUT2D eigenvalue weighted by atomic mass is 32.2. The van der Waals surface area contributed by atoms with Gasteiger partial charge in [-0.05, 0) is 18.1 Å². The standard InChI is InChI=1S/C20H25NO4S/c1-15-6-4-5-7-16(15)14-26-9-8-21-20(22)13-25-19-11-17(23-2)10-18(12-19)24-3/h4-7,10-12H,8-9,13-14H2,1-3H3,(H,21,22). The Morgan fingerprint density at radius 2 is 1.69 bits per heavy atom. The van der Waals surface area contributed by atoms with Crippen LogP contribution in [0.3, 0.4) is 0 Å². The van der Waals surface area contributed by atoms with Gasteiger partial charge in [-0.25, -0.2) is 0 Å². The summed E-state index contributed by atoms with van der Waals surface area (Å²) >= 11 is 1.80. The second-order valence-corrected chi connectivity index (χ2v) is 6.77. The van der Waals surface area contributed by atoms with E-state index in [1.807, 2.05) is 6.07 Å². The maximum absolute atomic E-state index is 11.9. The molecule has 0 aromatic heterocycles. The number of carbonyl (C=O) groups excluding carboxylic acids is 1. The van der Waals surface area contributed by atoms with Gasteiger partial charge in [-0.15, -0.1) is 0 Å². The van der Waals surface area contributed by atoms with Crippen molar-refractivity contribution in [2.75, 3.05) is 33.1 Å². The van der Waals surface area contributed by atoms with Crippen LogP contribution in [0, 0.1) is 6.92 Å². The average molecular weight is 375 g/mol. The van der Waals surface area contributed by atoms with Crippen molar-refractivity contribution in [3.8, 4) is 17.2 Å². The zero-order valence-corrected chi connectivity index (χ0v) is 16.2. The van der Waals surface area contributed by atoms with Crippen LogP contribution in [0.5, 0.6) is 17.2 Å². The highest BCUT2D eigenvalue weighted by Crippen LogP contribution is 2.27. The zero-order valence-electron chi connectivity index (χ0n) is 15.4. The molecular weight excluding hydrogens is 350 g/mol. The predicted octanol–water partition coefficient (Wildman–Crippen LogP) is 3.44. The number of methoxy groups -OCH3 is 2. The van der Waals surface area contributed by atoms with E-state index in [0.29, 0.717) is 23.8 Å². The number of aryl methyl sites for hydroxylation is 1. The zero-order chi connectivity index (χ0) is 18.8. The minimum atomic E-state index is -0.150. The highest BCUT2D eigenvalue weighted by Gasteiger charge is 2.06. The van der Waals surface area contributed by atoms with Crippen LogP contribution in [0.1, 0.15) is 11.1 Å². The fraction of sp³-hybridized carbons (Fsp3) is 0.350. The van der Waals surface area contributed by atoms with Gasteiger partial charge in [0.25, 0.3) is 5.91 Å². The molecule has 0 radical (unpaired) electrons. The third-order valence-electron chi connectivity index (χ3n) is 3.78. The first-order valence-corrected chi connectivity index (χ1v) is 9.52. The molecule has 2 rings (SSSR count). The number of benzene rings is 2. The van der Waals surface area contributed by atoms with Gasteiger partial charge in [0.15, 0.2) is 6.61 Å². The number of hydrogen-bond acceptors (Lipinski definition) is 5. The Labute approximate surface area is 159 Å².